The van der Waals surface area contributed by atoms with Crippen molar-refractivity contribution in [2.45, 2.75) is 45.1 Å². The van der Waals surface area contributed by atoms with E-state index in [1.165, 1.54) is 24.4 Å². The zero-order valence-electron chi connectivity index (χ0n) is 22.6. The number of carbonyl (C=O) groups is 2. The second-order valence-electron chi connectivity index (χ2n) is 10.2. The largest absolute Gasteiger partial charge is 0.437 e. The Balaban J connectivity index is 1.52. The highest BCUT2D eigenvalue weighted by atomic mass is 127. The van der Waals surface area contributed by atoms with Gasteiger partial charge in [-0.3, -0.25) is 9.59 Å². The van der Waals surface area contributed by atoms with Crippen LogP contribution in [0.2, 0.25) is 5.02 Å². The summed E-state index contributed by atoms with van der Waals surface area (Å²) < 4.78 is 81.5. The average molecular weight is 752 g/mol. The highest BCUT2D eigenvalue weighted by Crippen LogP contribution is 2.38. The molecule has 1 aliphatic carbocycles. The molecule has 0 saturated heterocycles. The summed E-state index contributed by atoms with van der Waals surface area (Å²) in [5.41, 5.74) is -3.24. The summed E-state index contributed by atoms with van der Waals surface area (Å²) in [4.78, 5) is 31.2. The van der Waals surface area contributed by atoms with E-state index >= 15 is 0 Å². The number of aromatic nitrogens is 6. The van der Waals surface area contributed by atoms with E-state index in [9.17, 15) is 35.9 Å². The molecular formula is C27H21ClF6IN7O2. The van der Waals surface area contributed by atoms with Gasteiger partial charge in [0, 0.05) is 28.3 Å². The zero-order valence-corrected chi connectivity index (χ0v) is 25.5. The summed E-state index contributed by atoms with van der Waals surface area (Å²) >= 11 is 8.36. The molecule has 0 bridgehead atoms. The van der Waals surface area contributed by atoms with Crippen molar-refractivity contribution in [1.29, 1.82) is 0 Å². The second-order valence-corrected chi connectivity index (χ2v) is 11.8. The minimum Gasteiger partial charge on any atom is -0.352 e. The molecule has 1 N–H and O–H groups in total. The van der Waals surface area contributed by atoms with Gasteiger partial charge in [0.05, 0.1) is 10.7 Å². The van der Waals surface area contributed by atoms with E-state index < -0.39 is 36.1 Å². The van der Waals surface area contributed by atoms with E-state index in [1.807, 2.05) is 0 Å². The third-order valence-electron chi connectivity index (χ3n) is 6.75. The van der Waals surface area contributed by atoms with Gasteiger partial charge in [-0.2, -0.15) is 36.2 Å². The van der Waals surface area contributed by atoms with E-state index in [2.05, 4.69) is 48.2 Å². The number of amides is 1. The predicted molar refractivity (Wildman–Crippen MR) is 152 cm³/mol. The van der Waals surface area contributed by atoms with Gasteiger partial charge in [0.25, 0.3) is 5.91 Å². The Bertz CT molecular complexity index is 1720. The lowest BCUT2D eigenvalue weighted by Crippen LogP contribution is -2.27. The van der Waals surface area contributed by atoms with Gasteiger partial charge in [-0.1, -0.05) is 11.6 Å². The van der Waals surface area contributed by atoms with Crippen molar-refractivity contribution in [2.75, 3.05) is 6.54 Å². The predicted octanol–water partition coefficient (Wildman–Crippen LogP) is 6.08. The van der Waals surface area contributed by atoms with Crippen LogP contribution in [-0.2, 0) is 25.3 Å². The standard InChI is InChI=1S/C27H21ClF6IN7O2/c1-13-7-15(35)8-18(25(44)37-11-14-4-5-14)17(13)10-21(43)20-9-16(38-42(20)24-19(28)3-2-6-36-24)12-41-39-22(26(29,30)31)23(40-41)27(32,33)34/h2-3,6-9,14H,4-5,10-12H2,1H3,(H,37,44). The lowest BCUT2D eigenvalue weighted by molar-refractivity contribution is -0.165. The first-order chi connectivity index (χ1) is 20.6. The maximum absolute atomic E-state index is 13.8. The molecule has 1 saturated carbocycles. The molecule has 0 unspecified atom stereocenters. The Morgan fingerprint density at radius 1 is 1.05 bits per heavy atom. The highest BCUT2D eigenvalue weighted by molar-refractivity contribution is 14.1. The van der Waals surface area contributed by atoms with E-state index in [4.69, 9.17) is 11.6 Å². The lowest BCUT2D eigenvalue weighted by atomic mass is 9.95. The van der Waals surface area contributed by atoms with Gasteiger partial charge in [-0.25, -0.2) is 9.67 Å². The maximum atomic E-state index is 13.8. The van der Waals surface area contributed by atoms with E-state index in [-0.39, 0.29) is 39.4 Å². The summed E-state index contributed by atoms with van der Waals surface area (Å²) in [6.45, 7) is 1.52. The number of ketones is 1. The molecule has 4 aromatic rings. The van der Waals surface area contributed by atoms with Crippen LogP contribution in [0, 0.1) is 16.4 Å². The normalized spacial score (nSPS) is 13.8. The molecular weight excluding hydrogens is 731 g/mol. The third-order valence-corrected chi connectivity index (χ3v) is 7.67. The number of aryl methyl sites for hydroxylation is 1. The average Bonchev–Trinajstić information content (AvgIpc) is 3.49. The van der Waals surface area contributed by atoms with Gasteiger partial charge in [0.2, 0.25) is 0 Å². The van der Waals surface area contributed by atoms with Gasteiger partial charge in [-0.05, 0) is 89.7 Å². The van der Waals surface area contributed by atoms with Crippen LogP contribution in [0.4, 0.5) is 26.3 Å². The fraction of sp³-hybridized carbons (Fsp3) is 0.333. The molecule has 1 aliphatic rings. The van der Waals surface area contributed by atoms with Crippen molar-refractivity contribution in [3.05, 3.63) is 84.6 Å². The van der Waals surface area contributed by atoms with Crippen LogP contribution in [0.5, 0.6) is 0 Å². The Kier molecular flexibility index (Phi) is 8.76. The number of carbonyl (C=O) groups excluding carboxylic acids is 2. The molecule has 5 rings (SSSR count). The van der Waals surface area contributed by atoms with Crippen molar-refractivity contribution in [3.8, 4) is 5.82 Å². The first kappa shape index (κ1) is 31.9. The van der Waals surface area contributed by atoms with Crippen LogP contribution in [0.15, 0.2) is 36.5 Å². The summed E-state index contributed by atoms with van der Waals surface area (Å²) in [5.74, 6) is -0.487. The van der Waals surface area contributed by atoms with E-state index in [0.29, 0.717) is 29.2 Å². The molecule has 0 spiro atoms. The Hall–Kier alpha value is -3.54. The fourth-order valence-corrected chi connectivity index (χ4v) is 5.44. The molecule has 0 radical (unpaired) electrons. The van der Waals surface area contributed by atoms with Crippen molar-refractivity contribution in [1.82, 2.24) is 35.1 Å². The fourth-order valence-electron chi connectivity index (χ4n) is 4.46. The minimum absolute atomic E-state index is 0.00844. The van der Waals surface area contributed by atoms with Crippen molar-refractivity contribution in [2.24, 2.45) is 5.92 Å². The number of nitrogens with one attached hydrogen (secondary N) is 1. The number of hydrogen-bond acceptors (Lipinski definition) is 6. The monoisotopic (exact) mass is 751 g/mol. The number of pyridine rings is 1. The number of benzene rings is 1. The topological polar surface area (TPSA) is 108 Å². The highest BCUT2D eigenvalue weighted by Gasteiger charge is 2.48. The van der Waals surface area contributed by atoms with E-state index in [1.54, 1.807) is 19.1 Å². The first-order valence-electron chi connectivity index (χ1n) is 13.0. The van der Waals surface area contributed by atoms with Crippen LogP contribution < -0.4 is 5.32 Å². The molecule has 3 heterocycles. The van der Waals surface area contributed by atoms with Gasteiger partial charge < -0.3 is 5.32 Å². The summed E-state index contributed by atoms with van der Waals surface area (Å²) in [5, 5.41) is 13.2. The van der Waals surface area contributed by atoms with Gasteiger partial charge in [-0.15, -0.1) is 10.2 Å². The van der Waals surface area contributed by atoms with Gasteiger partial charge in [0.1, 0.15) is 12.2 Å². The quantitative estimate of drug-likeness (QED) is 0.126. The lowest BCUT2D eigenvalue weighted by Gasteiger charge is -2.14. The zero-order chi connectivity index (χ0) is 32.0. The third kappa shape index (κ3) is 7.06. The molecule has 17 heteroatoms. The summed E-state index contributed by atoms with van der Waals surface area (Å²) in [6, 6.07) is 7.64. The molecule has 0 atom stereocenters. The SMILES string of the molecule is Cc1cc(I)cc(C(=O)NCC2CC2)c1CC(=O)c1cc(Cn2nc(C(F)(F)F)c(C(F)(F)F)n2)nn1-c1ncccc1Cl. The molecule has 44 heavy (non-hydrogen) atoms. The number of halogens is 8. The number of rotatable bonds is 9. The Morgan fingerprint density at radius 3 is 2.30 bits per heavy atom. The van der Waals surface area contributed by atoms with Gasteiger partial charge in [0.15, 0.2) is 23.0 Å². The van der Waals surface area contributed by atoms with Crippen LogP contribution in [0.1, 0.15) is 61.9 Å². The van der Waals surface area contributed by atoms with Gasteiger partial charge >= 0.3 is 12.4 Å². The number of Topliss-reactive ketones (excluding diaryl/α,β-unsaturated/α-hetero) is 1. The second kappa shape index (κ2) is 12.1. The number of hydrogen-bond donors (Lipinski definition) is 1. The maximum Gasteiger partial charge on any atom is 0.437 e. The van der Waals surface area contributed by atoms with Crippen LogP contribution >= 0.6 is 34.2 Å². The summed E-state index contributed by atoms with van der Waals surface area (Å²) in [6.07, 6.45) is -7.69. The van der Waals surface area contributed by atoms with Crippen LogP contribution in [-0.4, -0.2) is 48.0 Å². The smallest absolute Gasteiger partial charge is 0.352 e. The first-order valence-corrected chi connectivity index (χ1v) is 14.5. The molecule has 1 amide bonds. The Labute approximate surface area is 264 Å². The molecule has 0 aliphatic heterocycles. The number of nitrogens with zero attached hydrogens (tertiary/aromatic N) is 6. The molecule has 3 aromatic heterocycles. The van der Waals surface area contributed by atoms with Crippen molar-refractivity contribution >= 4 is 45.9 Å². The summed E-state index contributed by atoms with van der Waals surface area (Å²) in [7, 11) is 0. The number of alkyl halides is 6. The van der Waals surface area contributed by atoms with E-state index in [0.717, 1.165) is 21.1 Å². The van der Waals surface area contributed by atoms with Crippen LogP contribution in [0.25, 0.3) is 5.82 Å². The minimum atomic E-state index is -5.42. The van der Waals surface area contributed by atoms with Crippen molar-refractivity contribution < 1.29 is 35.9 Å². The molecule has 232 valence electrons. The van der Waals surface area contributed by atoms with Crippen LogP contribution in [0.3, 0.4) is 0 Å². The molecule has 9 nitrogen and oxygen atoms in total. The molecule has 1 fully saturated rings. The van der Waals surface area contributed by atoms with Crippen molar-refractivity contribution in [3.63, 3.8) is 0 Å². The molecule has 1 aromatic carbocycles. The Morgan fingerprint density at radius 2 is 1.70 bits per heavy atom.